The molecule has 10 nitrogen and oxygen atoms in total. The highest BCUT2D eigenvalue weighted by atomic mass is 79.9. The van der Waals surface area contributed by atoms with Gasteiger partial charge in [-0.15, -0.1) is 0 Å². The summed E-state index contributed by atoms with van der Waals surface area (Å²) in [6, 6.07) is 12.7. The van der Waals surface area contributed by atoms with Crippen LogP contribution >= 0.6 is 31.9 Å². The fraction of sp³-hybridized carbons (Fsp3) is 0.167. The smallest absolute Gasteiger partial charge is 0.320 e. The van der Waals surface area contributed by atoms with Crippen molar-refractivity contribution in [1.29, 1.82) is 0 Å². The first-order valence-electron chi connectivity index (χ1n) is 11.1. The number of benzene rings is 2. The van der Waals surface area contributed by atoms with E-state index in [9.17, 15) is 4.79 Å². The summed E-state index contributed by atoms with van der Waals surface area (Å²) < 4.78 is 12.9. The van der Waals surface area contributed by atoms with Crippen LogP contribution in [0.4, 0.5) is 22.2 Å². The molecule has 0 saturated carbocycles. The Labute approximate surface area is 223 Å². The monoisotopic (exact) mass is 613 g/mol. The molecular weight excluding hydrogens is 594 g/mol. The number of carbonyl (C=O) groups excluding carboxylic acids is 1. The van der Waals surface area contributed by atoms with E-state index in [1.54, 1.807) is 18.3 Å². The number of amides is 2. The average molecular weight is 615 g/mol. The first-order valence-corrected chi connectivity index (χ1v) is 12.6. The van der Waals surface area contributed by atoms with E-state index in [0.717, 1.165) is 14.5 Å². The Balaban J connectivity index is 1.52. The van der Waals surface area contributed by atoms with Gasteiger partial charge in [0.05, 0.1) is 6.54 Å². The van der Waals surface area contributed by atoms with Crippen molar-refractivity contribution in [2.75, 3.05) is 23.7 Å². The summed E-state index contributed by atoms with van der Waals surface area (Å²) in [5, 5.41) is 9.44. The fourth-order valence-corrected chi connectivity index (χ4v) is 5.11. The lowest BCUT2D eigenvalue weighted by Gasteiger charge is -2.15. The number of fused-ring (bicyclic) bond motifs is 2. The Morgan fingerprint density at radius 3 is 2.61 bits per heavy atom. The lowest BCUT2D eigenvalue weighted by Crippen LogP contribution is -2.28. The van der Waals surface area contributed by atoms with Crippen LogP contribution in [0.5, 0.6) is 11.5 Å². The molecule has 2 aromatic carbocycles. The summed E-state index contributed by atoms with van der Waals surface area (Å²) in [5.74, 6) is 1.92. The Morgan fingerprint density at radius 1 is 1.08 bits per heavy atom. The van der Waals surface area contributed by atoms with E-state index in [1.807, 2.05) is 37.3 Å². The molecule has 2 amide bonds. The van der Waals surface area contributed by atoms with Crippen LogP contribution in [0, 0.1) is 0 Å². The number of nitrogens with zero attached hydrogens (tertiary/aromatic N) is 3. The highest BCUT2D eigenvalue weighted by Gasteiger charge is 2.23. The third-order valence-electron chi connectivity index (χ3n) is 5.28. The predicted molar refractivity (Wildman–Crippen MR) is 145 cm³/mol. The molecule has 0 bridgehead atoms. The van der Waals surface area contributed by atoms with Crippen molar-refractivity contribution in [3.8, 4) is 22.6 Å². The first kappa shape index (κ1) is 24.2. The van der Waals surface area contributed by atoms with Gasteiger partial charge < -0.3 is 25.8 Å². The number of nitrogens with one attached hydrogen (secondary N) is 3. The van der Waals surface area contributed by atoms with Crippen LogP contribution in [0.1, 0.15) is 6.92 Å². The number of carbonyl (C=O) groups is 1. The normalized spacial score (nSPS) is 14.1. The van der Waals surface area contributed by atoms with Gasteiger partial charge in [-0.1, -0.05) is 37.9 Å². The van der Waals surface area contributed by atoms with Crippen molar-refractivity contribution < 1.29 is 14.3 Å². The van der Waals surface area contributed by atoms with Crippen LogP contribution in [-0.2, 0) is 0 Å². The number of urea groups is 1. The summed E-state index contributed by atoms with van der Waals surface area (Å²) in [7, 11) is 0. The molecular formula is C24H21Br2N7O3. The van der Waals surface area contributed by atoms with Crippen molar-refractivity contribution in [2.45, 2.75) is 13.2 Å². The van der Waals surface area contributed by atoms with Crippen LogP contribution in [0.25, 0.3) is 22.2 Å². The molecule has 4 aromatic rings. The summed E-state index contributed by atoms with van der Waals surface area (Å²) in [6.45, 7) is 2.57. The highest BCUT2D eigenvalue weighted by molar-refractivity contribution is 9.11. The van der Waals surface area contributed by atoms with Gasteiger partial charge in [-0.05, 0) is 37.3 Å². The number of pyridine rings is 1. The number of ether oxygens (including phenoxy) is 2. The lowest BCUT2D eigenvalue weighted by molar-refractivity contribution is 0.0581. The second kappa shape index (κ2) is 10.2. The summed E-state index contributed by atoms with van der Waals surface area (Å²) in [4.78, 5) is 26.1. The Morgan fingerprint density at radius 2 is 1.86 bits per heavy atom. The van der Waals surface area contributed by atoms with Gasteiger partial charge >= 0.3 is 6.03 Å². The second-order valence-corrected chi connectivity index (χ2v) is 9.47. The number of rotatable bonds is 6. The molecule has 1 aliphatic rings. The quantitative estimate of drug-likeness (QED) is 0.234. The van der Waals surface area contributed by atoms with Crippen LogP contribution in [0.3, 0.4) is 0 Å². The summed E-state index contributed by atoms with van der Waals surface area (Å²) >= 11 is 7.21. The third kappa shape index (κ3) is 4.92. The molecule has 0 aliphatic carbocycles. The van der Waals surface area contributed by atoms with Crippen molar-refractivity contribution in [3.05, 3.63) is 57.6 Å². The molecule has 0 fully saturated rings. The highest BCUT2D eigenvalue weighted by Crippen LogP contribution is 2.40. The SMILES string of the molecule is CCNC(=O)Nc1nc2nc(Nc3ccc4c(c3)OC(CN)O4)ncc2cc1-c1c(Br)cccc1Br. The molecule has 1 unspecified atom stereocenters. The average Bonchev–Trinajstić information content (AvgIpc) is 3.27. The first-order chi connectivity index (χ1) is 17.4. The molecule has 12 heteroatoms. The van der Waals surface area contributed by atoms with E-state index in [4.69, 9.17) is 15.2 Å². The van der Waals surface area contributed by atoms with E-state index in [1.165, 1.54) is 0 Å². The molecule has 5 rings (SSSR count). The standard InChI is InChI=1S/C24H21Br2N7O3/c1-2-28-24(34)33-22-14(20-15(25)4-3-5-16(20)26)8-12-11-29-23(32-21(12)31-22)30-13-6-7-17-18(9-13)36-19(10-27)35-17/h3-9,11,19H,2,10,27H2,1H3,(H3,28,29,30,31,32,33,34). The van der Waals surface area contributed by atoms with Gasteiger partial charge in [-0.2, -0.15) is 4.98 Å². The maximum absolute atomic E-state index is 12.4. The maximum Gasteiger partial charge on any atom is 0.320 e. The molecule has 184 valence electrons. The van der Waals surface area contributed by atoms with Gasteiger partial charge in [0.2, 0.25) is 5.95 Å². The number of nitrogens with two attached hydrogens (primary N) is 1. The molecule has 1 aliphatic heterocycles. The minimum Gasteiger partial charge on any atom is -0.450 e. The van der Waals surface area contributed by atoms with Gasteiger partial charge in [0.25, 0.3) is 6.29 Å². The van der Waals surface area contributed by atoms with Crippen LogP contribution < -0.4 is 31.2 Å². The molecule has 3 heterocycles. The molecule has 5 N–H and O–H groups in total. The number of hydrogen-bond donors (Lipinski definition) is 4. The Kier molecular flexibility index (Phi) is 6.90. The zero-order valence-electron chi connectivity index (χ0n) is 19.0. The van der Waals surface area contributed by atoms with Gasteiger partial charge in [-0.3, -0.25) is 5.32 Å². The minimum absolute atomic E-state index is 0.252. The lowest BCUT2D eigenvalue weighted by atomic mass is 10.1. The van der Waals surface area contributed by atoms with Crippen LogP contribution in [-0.4, -0.2) is 40.4 Å². The van der Waals surface area contributed by atoms with Crippen molar-refractivity contribution in [3.63, 3.8) is 0 Å². The van der Waals surface area contributed by atoms with Crippen LogP contribution in [0.2, 0.25) is 0 Å². The second-order valence-electron chi connectivity index (χ2n) is 7.76. The molecule has 0 saturated heterocycles. The number of hydrogen-bond acceptors (Lipinski definition) is 8. The third-order valence-corrected chi connectivity index (χ3v) is 6.60. The van der Waals surface area contributed by atoms with E-state index in [-0.39, 0.29) is 12.6 Å². The van der Waals surface area contributed by atoms with Crippen LogP contribution in [0.15, 0.2) is 57.6 Å². The van der Waals surface area contributed by atoms with Gasteiger partial charge in [0.15, 0.2) is 17.1 Å². The number of anilines is 3. The van der Waals surface area contributed by atoms with Crippen molar-refractivity contribution in [2.24, 2.45) is 5.73 Å². The van der Waals surface area contributed by atoms with Gasteiger partial charge in [0.1, 0.15) is 5.82 Å². The summed E-state index contributed by atoms with van der Waals surface area (Å²) in [5.41, 5.74) is 8.30. The fourth-order valence-electron chi connectivity index (χ4n) is 3.68. The molecule has 0 spiro atoms. The van der Waals surface area contributed by atoms with E-state index in [0.29, 0.717) is 52.1 Å². The van der Waals surface area contributed by atoms with E-state index >= 15 is 0 Å². The van der Waals surface area contributed by atoms with Gasteiger partial charge in [-0.25, -0.2) is 14.8 Å². The number of aromatic nitrogens is 3. The van der Waals surface area contributed by atoms with Gasteiger partial charge in [0, 0.05) is 50.0 Å². The zero-order chi connectivity index (χ0) is 25.2. The maximum atomic E-state index is 12.4. The Bertz CT molecular complexity index is 1450. The molecule has 2 aromatic heterocycles. The molecule has 36 heavy (non-hydrogen) atoms. The largest absolute Gasteiger partial charge is 0.450 e. The number of halogens is 2. The van der Waals surface area contributed by atoms with Crippen molar-refractivity contribution in [1.82, 2.24) is 20.3 Å². The molecule has 0 radical (unpaired) electrons. The molecule has 1 atom stereocenters. The Hall–Kier alpha value is -3.48. The van der Waals surface area contributed by atoms with E-state index < -0.39 is 6.29 Å². The summed E-state index contributed by atoms with van der Waals surface area (Å²) in [6.07, 6.45) is 1.19. The zero-order valence-corrected chi connectivity index (χ0v) is 22.2. The predicted octanol–water partition coefficient (Wildman–Crippen LogP) is 5.16. The van der Waals surface area contributed by atoms with Crippen molar-refractivity contribution >= 4 is 66.4 Å². The minimum atomic E-state index is -0.494. The van der Waals surface area contributed by atoms with E-state index in [2.05, 4.69) is 62.8 Å². The topological polar surface area (TPSA) is 136 Å².